The fourth-order valence-corrected chi connectivity index (χ4v) is 2.69. The fourth-order valence-electron chi connectivity index (χ4n) is 2.47. The minimum absolute atomic E-state index is 0.205. The Hall–Kier alpha value is -3.08. The van der Waals surface area contributed by atoms with Gasteiger partial charge in [-0.3, -0.25) is 4.79 Å². The maximum Gasteiger partial charge on any atom is 0.190 e. The van der Waals surface area contributed by atoms with Crippen LogP contribution < -0.4 is 5.43 Å². The molecule has 4 nitrogen and oxygen atoms in total. The van der Waals surface area contributed by atoms with Crippen molar-refractivity contribution in [2.75, 3.05) is 0 Å². The quantitative estimate of drug-likeness (QED) is 0.738. The molecule has 0 saturated carbocycles. The van der Waals surface area contributed by atoms with E-state index in [0.29, 0.717) is 38.3 Å². The molecular weight excluding hydrogens is 310 g/mol. The first-order valence-corrected chi connectivity index (χ1v) is 7.19. The van der Waals surface area contributed by atoms with Gasteiger partial charge in [0.05, 0.1) is 34.5 Å². The van der Waals surface area contributed by atoms with Crippen molar-refractivity contribution >= 4 is 22.5 Å². The van der Waals surface area contributed by atoms with E-state index in [0.717, 1.165) is 5.56 Å². The first-order chi connectivity index (χ1) is 11.0. The van der Waals surface area contributed by atoms with Gasteiger partial charge in [0.25, 0.3) is 0 Å². The number of H-pyrrole nitrogens is 1. The van der Waals surface area contributed by atoms with Crippen LogP contribution in [0.3, 0.4) is 0 Å². The van der Waals surface area contributed by atoms with Gasteiger partial charge in [0.2, 0.25) is 0 Å². The minimum atomic E-state index is -0.205. The Morgan fingerprint density at radius 2 is 1.87 bits per heavy atom. The predicted molar refractivity (Wildman–Crippen MR) is 89.2 cm³/mol. The number of rotatable bonds is 1. The SMILES string of the molecule is Cc1cc2[nH]c(-c3cc(C#N)ccc3Cl)cc(=O)c2cc1C#N. The molecule has 0 fully saturated rings. The third kappa shape index (κ3) is 2.57. The summed E-state index contributed by atoms with van der Waals surface area (Å²) in [5.74, 6) is 0. The number of benzene rings is 2. The highest BCUT2D eigenvalue weighted by Crippen LogP contribution is 2.28. The zero-order valence-corrected chi connectivity index (χ0v) is 12.9. The van der Waals surface area contributed by atoms with Gasteiger partial charge in [0.15, 0.2) is 5.43 Å². The van der Waals surface area contributed by atoms with Crippen LogP contribution in [-0.4, -0.2) is 4.98 Å². The largest absolute Gasteiger partial charge is 0.354 e. The second-order valence-electron chi connectivity index (χ2n) is 5.18. The average molecular weight is 320 g/mol. The van der Waals surface area contributed by atoms with Crippen molar-refractivity contribution in [3.63, 3.8) is 0 Å². The van der Waals surface area contributed by atoms with E-state index >= 15 is 0 Å². The van der Waals surface area contributed by atoms with Crippen LogP contribution in [-0.2, 0) is 0 Å². The molecule has 0 aliphatic heterocycles. The molecule has 0 unspecified atom stereocenters. The summed E-state index contributed by atoms with van der Waals surface area (Å²) in [4.78, 5) is 15.5. The molecule has 23 heavy (non-hydrogen) atoms. The van der Waals surface area contributed by atoms with Gasteiger partial charge in [-0.1, -0.05) is 11.6 Å². The summed E-state index contributed by atoms with van der Waals surface area (Å²) in [7, 11) is 0. The summed E-state index contributed by atoms with van der Waals surface area (Å²) >= 11 is 6.20. The molecular formula is C18H10ClN3O. The van der Waals surface area contributed by atoms with E-state index in [1.807, 2.05) is 6.92 Å². The highest BCUT2D eigenvalue weighted by Gasteiger charge is 2.10. The molecule has 3 rings (SSSR count). The smallest absolute Gasteiger partial charge is 0.190 e. The first-order valence-electron chi connectivity index (χ1n) is 6.81. The molecule has 0 bridgehead atoms. The van der Waals surface area contributed by atoms with E-state index in [1.165, 1.54) is 6.07 Å². The Morgan fingerprint density at radius 1 is 1.09 bits per heavy atom. The standard InChI is InChI=1S/C18H10ClN3O/c1-10-4-16-14(6-12(10)9-21)18(23)7-17(22-16)13-5-11(8-20)2-3-15(13)19/h2-7H,1H3,(H,22,23). The van der Waals surface area contributed by atoms with Crippen LogP contribution in [0.4, 0.5) is 0 Å². The molecule has 0 aliphatic carbocycles. The maximum absolute atomic E-state index is 12.4. The number of aromatic nitrogens is 1. The van der Waals surface area contributed by atoms with Gasteiger partial charge in [-0.25, -0.2) is 0 Å². The Bertz CT molecular complexity index is 1080. The lowest BCUT2D eigenvalue weighted by atomic mass is 10.0. The number of fused-ring (bicyclic) bond motifs is 1. The Kier molecular flexibility index (Phi) is 3.62. The zero-order valence-electron chi connectivity index (χ0n) is 12.1. The van der Waals surface area contributed by atoms with Crippen LogP contribution in [0.15, 0.2) is 41.2 Å². The van der Waals surface area contributed by atoms with Crippen LogP contribution in [0.25, 0.3) is 22.2 Å². The fraction of sp³-hybridized carbons (Fsp3) is 0.0556. The lowest BCUT2D eigenvalue weighted by Crippen LogP contribution is -2.04. The number of hydrogen-bond donors (Lipinski definition) is 1. The van der Waals surface area contributed by atoms with Crippen LogP contribution in [0.1, 0.15) is 16.7 Å². The Balaban J connectivity index is 2.32. The van der Waals surface area contributed by atoms with E-state index in [-0.39, 0.29) is 5.43 Å². The van der Waals surface area contributed by atoms with Gasteiger partial charge in [-0.15, -0.1) is 0 Å². The van der Waals surface area contributed by atoms with Gasteiger partial charge < -0.3 is 4.98 Å². The van der Waals surface area contributed by atoms with Gasteiger partial charge in [0.1, 0.15) is 0 Å². The monoisotopic (exact) mass is 319 g/mol. The maximum atomic E-state index is 12.4. The highest BCUT2D eigenvalue weighted by molar-refractivity contribution is 6.33. The summed E-state index contributed by atoms with van der Waals surface area (Å²) in [6.45, 7) is 1.81. The van der Waals surface area contributed by atoms with E-state index < -0.39 is 0 Å². The summed E-state index contributed by atoms with van der Waals surface area (Å²) in [5, 5.41) is 19.0. The van der Waals surface area contributed by atoms with Gasteiger partial charge in [-0.2, -0.15) is 10.5 Å². The van der Waals surface area contributed by atoms with Crippen LogP contribution in [0.2, 0.25) is 5.02 Å². The molecule has 1 N–H and O–H groups in total. The second-order valence-corrected chi connectivity index (χ2v) is 5.59. The van der Waals surface area contributed by atoms with Crippen molar-refractivity contribution in [3.05, 3.63) is 68.3 Å². The average Bonchev–Trinajstić information content (AvgIpc) is 2.54. The highest BCUT2D eigenvalue weighted by atomic mass is 35.5. The molecule has 0 atom stereocenters. The molecule has 1 heterocycles. The molecule has 0 radical (unpaired) electrons. The molecule has 2 aromatic carbocycles. The van der Waals surface area contributed by atoms with Crippen molar-refractivity contribution in [3.8, 4) is 23.4 Å². The van der Waals surface area contributed by atoms with Crippen molar-refractivity contribution in [1.29, 1.82) is 10.5 Å². The summed E-state index contributed by atoms with van der Waals surface area (Å²) < 4.78 is 0. The molecule has 0 spiro atoms. The molecule has 110 valence electrons. The number of halogens is 1. The third-order valence-electron chi connectivity index (χ3n) is 3.68. The summed E-state index contributed by atoms with van der Waals surface area (Å²) in [5.41, 5.74) is 3.26. The normalized spacial score (nSPS) is 10.3. The second kappa shape index (κ2) is 5.61. The first kappa shape index (κ1) is 14.8. The number of pyridine rings is 1. The minimum Gasteiger partial charge on any atom is -0.354 e. The van der Waals surface area contributed by atoms with E-state index in [9.17, 15) is 4.79 Å². The molecule has 3 aromatic rings. The van der Waals surface area contributed by atoms with E-state index in [2.05, 4.69) is 17.1 Å². The molecule has 5 heteroatoms. The zero-order chi connectivity index (χ0) is 16.6. The lowest BCUT2D eigenvalue weighted by Gasteiger charge is -2.08. The van der Waals surface area contributed by atoms with E-state index in [1.54, 1.807) is 30.3 Å². The molecule has 0 aliphatic rings. The molecule has 0 amide bonds. The van der Waals surface area contributed by atoms with Crippen LogP contribution in [0.5, 0.6) is 0 Å². The molecule has 0 saturated heterocycles. The van der Waals surface area contributed by atoms with Gasteiger partial charge in [-0.05, 0) is 42.8 Å². The van der Waals surface area contributed by atoms with Crippen LogP contribution >= 0.6 is 11.6 Å². The number of aromatic amines is 1. The molecule has 1 aromatic heterocycles. The summed E-state index contributed by atoms with van der Waals surface area (Å²) in [6, 6.07) is 13.8. The van der Waals surface area contributed by atoms with Crippen molar-refractivity contribution in [2.24, 2.45) is 0 Å². The number of nitrogens with one attached hydrogen (secondary N) is 1. The number of nitriles is 2. The van der Waals surface area contributed by atoms with Crippen molar-refractivity contribution in [2.45, 2.75) is 6.92 Å². The number of nitrogens with zero attached hydrogens (tertiary/aromatic N) is 2. The van der Waals surface area contributed by atoms with E-state index in [4.69, 9.17) is 22.1 Å². The Labute approximate surface area is 137 Å². The van der Waals surface area contributed by atoms with Gasteiger partial charge in [0, 0.05) is 22.0 Å². The Morgan fingerprint density at radius 3 is 2.57 bits per heavy atom. The van der Waals surface area contributed by atoms with Gasteiger partial charge >= 0.3 is 0 Å². The van der Waals surface area contributed by atoms with Crippen molar-refractivity contribution < 1.29 is 0 Å². The lowest BCUT2D eigenvalue weighted by molar-refractivity contribution is 1.34. The topological polar surface area (TPSA) is 80.4 Å². The predicted octanol–water partition coefficient (Wildman–Crippen LogP) is 3.90. The summed E-state index contributed by atoms with van der Waals surface area (Å²) in [6.07, 6.45) is 0. The number of hydrogen-bond acceptors (Lipinski definition) is 3. The third-order valence-corrected chi connectivity index (χ3v) is 4.01. The van der Waals surface area contributed by atoms with Crippen molar-refractivity contribution in [1.82, 2.24) is 4.98 Å². The number of aryl methyl sites for hydroxylation is 1. The van der Waals surface area contributed by atoms with Crippen LogP contribution in [0, 0.1) is 29.6 Å².